The first-order valence-electron chi connectivity index (χ1n) is 4.59. The fraction of sp³-hybridized carbons (Fsp3) is 0.167. The molecule has 0 spiro atoms. The lowest BCUT2D eigenvalue weighted by molar-refractivity contribution is -0.000182. The molecule has 0 aromatic heterocycles. The van der Waals surface area contributed by atoms with E-state index in [1.165, 1.54) is 5.39 Å². The van der Waals surface area contributed by atoms with E-state index in [1.54, 1.807) is 6.92 Å². The maximum Gasteiger partial charge on any atom is 0.194 e. The van der Waals surface area contributed by atoms with Crippen LogP contribution < -0.4 is 4.74 Å². The molecule has 0 unspecified atom stereocenters. The molecular formula is C12H12O2. The molecule has 2 nitrogen and oxygen atoms in total. The molecule has 0 saturated heterocycles. The molecule has 14 heavy (non-hydrogen) atoms. The second kappa shape index (κ2) is 3.68. The van der Waals surface area contributed by atoms with Gasteiger partial charge in [0.1, 0.15) is 5.75 Å². The minimum atomic E-state index is -0.767. The lowest BCUT2D eigenvalue weighted by Crippen LogP contribution is -2.09. The van der Waals surface area contributed by atoms with Gasteiger partial charge >= 0.3 is 0 Å². The van der Waals surface area contributed by atoms with Gasteiger partial charge in [-0.05, 0) is 29.8 Å². The molecule has 2 aromatic rings. The number of hydrogen-bond acceptors (Lipinski definition) is 2. The van der Waals surface area contributed by atoms with Gasteiger partial charge in [-0.15, -0.1) is 0 Å². The van der Waals surface area contributed by atoms with E-state index in [-0.39, 0.29) is 0 Å². The number of rotatable bonds is 2. The number of aliphatic hydroxyl groups excluding tert-OH is 1. The molecule has 0 aliphatic carbocycles. The van der Waals surface area contributed by atoms with Gasteiger partial charge in [-0.25, -0.2) is 0 Å². The minimum absolute atomic E-state index is 0.693. The second-order valence-corrected chi connectivity index (χ2v) is 3.23. The van der Waals surface area contributed by atoms with Crippen LogP contribution in [-0.4, -0.2) is 11.4 Å². The Morgan fingerprint density at radius 3 is 2.50 bits per heavy atom. The molecule has 0 aliphatic rings. The lowest BCUT2D eigenvalue weighted by atomic mass is 10.1. The molecule has 0 amide bonds. The van der Waals surface area contributed by atoms with Crippen LogP contribution in [-0.2, 0) is 0 Å². The van der Waals surface area contributed by atoms with Gasteiger partial charge in [-0.1, -0.05) is 30.3 Å². The third-order valence-electron chi connectivity index (χ3n) is 2.03. The molecule has 0 bridgehead atoms. The predicted molar refractivity (Wildman–Crippen MR) is 56.3 cm³/mol. The monoisotopic (exact) mass is 188 g/mol. The van der Waals surface area contributed by atoms with Crippen LogP contribution in [0.25, 0.3) is 10.8 Å². The zero-order valence-electron chi connectivity index (χ0n) is 7.97. The van der Waals surface area contributed by atoms with Crippen molar-refractivity contribution in [3.05, 3.63) is 42.5 Å². The smallest absolute Gasteiger partial charge is 0.194 e. The Labute approximate surface area is 82.8 Å². The Morgan fingerprint density at radius 1 is 1.07 bits per heavy atom. The number of benzene rings is 2. The largest absolute Gasteiger partial charge is 0.465 e. The Morgan fingerprint density at radius 2 is 1.79 bits per heavy atom. The Bertz CT molecular complexity index is 435. The first-order chi connectivity index (χ1) is 6.75. The van der Waals surface area contributed by atoms with Crippen molar-refractivity contribution in [3.63, 3.8) is 0 Å². The summed E-state index contributed by atoms with van der Waals surface area (Å²) < 4.78 is 5.18. The molecule has 0 fully saturated rings. The summed E-state index contributed by atoms with van der Waals surface area (Å²) in [5.74, 6) is 0.693. The topological polar surface area (TPSA) is 29.5 Å². The van der Waals surface area contributed by atoms with Crippen molar-refractivity contribution in [2.24, 2.45) is 0 Å². The van der Waals surface area contributed by atoms with Gasteiger partial charge in [-0.3, -0.25) is 0 Å². The molecule has 0 saturated carbocycles. The van der Waals surface area contributed by atoms with Crippen molar-refractivity contribution < 1.29 is 9.84 Å². The minimum Gasteiger partial charge on any atom is -0.465 e. The van der Waals surface area contributed by atoms with Crippen LogP contribution >= 0.6 is 0 Å². The quantitative estimate of drug-likeness (QED) is 0.734. The van der Waals surface area contributed by atoms with Gasteiger partial charge in [-0.2, -0.15) is 0 Å². The molecule has 2 rings (SSSR count). The molecule has 1 atom stereocenters. The highest BCUT2D eigenvalue weighted by molar-refractivity contribution is 5.83. The van der Waals surface area contributed by atoms with E-state index in [0.717, 1.165) is 5.39 Å². The van der Waals surface area contributed by atoms with Crippen molar-refractivity contribution in [2.75, 3.05) is 0 Å². The summed E-state index contributed by atoms with van der Waals surface area (Å²) in [4.78, 5) is 0. The third-order valence-corrected chi connectivity index (χ3v) is 2.03. The summed E-state index contributed by atoms with van der Waals surface area (Å²) >= 11 is 0. The fourth-order valence-electron chi connectivity index (χ4n) is 1.44. The third kappa shape index (κ3) is 1.86. The average Bonchev–Trinajstić information content (AvgIpc) is 2.17. The summed E-state index contributed by atoms with van der Waals surface area (Å²) in [5, 5.41) is 11.3. The maximum atomic E-state index is 9.06. The SMILES string of the molecule is C[C@H](O)Oc1ccc2ccccc2c1. The van der Waals surface area contributed by atoms with E-state index in [0.29, 0.717) is 5.75 Å². The molecular weight excluding hydrogens is 176 g/mol. The molecule has 0 radical (unpaired) electrons. The summed E-state index contributed by atoms with van der Waals surface area (Å²) in [7, 11) is 0. The lowest BCUT2D eigenvalue weighted by Gasteiger charge is -2.08. The van der Waals surface area contributed by atoms with Crippen molar-refractivity contribution in [2.45, 2.75) is 13.2 Å². The van der Waals surface area contributed by atoms with Gasteiger partial charge < -0.3 is 9.84 Å². The van der Waals surface area contributed by atoms with Crippen LogP contribution in [0.3, 0.4) is 0 Å². The normalized spacial score (nSPS) is 12.7. The van der Waals surface area contributed by atoms with E-state index in [9.17, 15) is 0 Å². The Hall–Kier alpha value is -1.54. The molecule has 0 aliphatic heterocycles. The number of hydrogen-bond donors (Lipinski definition) is 1. The van der Waals surface area contributed by atoms with Crippen LogP contribution in [0.4, 0.5) is 0 Å². The zero-order chi connectivity index (χ0) is 9.97. The molecule has 1 N–H and O–H groups in total. The van der Waals surface area contributed by atoms with E-state index in [1.807, 2.05) is 42.5 Å². The highest BCUT2D eigenvalue weighted by Gasteiger charge is 1.99. The average molecular weight is 188 g/mol. The highest BCUT2D eigenvalue weighted by Crippen LogP contribution is 2.20. The fourth-order valence-corrected chi connectivity index (χ4v) is 1.44. The standard InChI is InChI=1S/C12H12O2/c1-9(13)14-12-7-6-10-4-2-3-5-11(10)8-12/h2-9,13H,1H3/t9-/m1/s1. The van der Waals surface area contributed by atoms with E-state index in [2.05, 4.69) is 0 Å². The van der Waals surface area contributed by atoms with Gasteiger partial charge in [0.2, 0.25) is 0 Å². The first-order valence-corrected chi connectivity index (χ1v) is 4.59. The first kappa shape index (κ1) is 9.03. The second-order valence-electron chi connectivity index (χ2n) is 3.23. The van der Waals surface area contributed by atoms with Crippen LogP contribution in [0.1, 0.15) is 6.92 Å². The van der Waals surface area contributed by atoms with Crippen LogP contribution in [0, 0.1) is 0 Å². The van der Waals surface area contributed by atoms with Crippen LogP contribution in [0.2, 0.25) is 0 Å². The summed E-state index contributed by atoms with van der Waals surface area (Å²) in [6.07, 6.45) is -0.767. The van der Waals surface area contributed by atoms with Gasteiger partial charge in [0, 0.05) is 0 Å². The van der Waals surface area contributed by atoms with Crippen molar-refractivity contribution in [1.82, 2.24) is 0 Å². The Kier molecular flexibility index (Phi) is 2.37. The van der Waals surface area contributed by atoms with Crippen molar-refractivity contribution in [3.8, 4) is 5.75 Å². The molecule has 0 heterocycles. The van der Waals surface area contributed by atoms with Crippen LogP contribution in [0.5, 0.6) is 5.75 Å². The van der Waals surface area contributed by atoms with E-state index >= 15 is 0 Å². The molecule has 72 valence electrons. The van der Waals surface area contributed by atoms with Crippen molar-refractivity contribution in [1.29, 1.82) is 0 Å². The molecule has 2 heteroatoms. The summed E-state index contributed by atoms with van der Waals surface area (Å²) in [6.45, 7) is 1.59. The van der Waals surface area contributed by atoms with E-state index in [4.69, 9.17) is 9.84 Å². The number of ether oxygens (including phenoxy) is 1. The van der Waals surface area contributed by atoms with Gasteiger partial charge in [0.15, 0.2) is 6.29 Å². The van der Waals surface area contributed by atoms with E-state index < -0.39 is 6.29 Å². The summed E-state index contributed by atoms with van der Waals surface area (Å²) in [5.41, 5.74) is 0. The van der Waals surface area contributed by atoms with Gasteiger partial charge in [0.25, 0.3) is 0 Å². The maximum absolute atomic E-state index is 9.06. The molecule has 2 aromatic carbocycles. The predicted octanol–water partition coefficient (Wildman–Crippen LogP) is 2.56. The zero-order valence-corrected chi connectivity index (χ0v) is 7.97. The summed E-state index contributed by atoms with van der Waals surface area (Å²) in [6, 6.07) is 13.8. The van der Waals surface area contributed by atoms with Gasteiger partial charge in [0.05, 0.1) is 0 Å². The number of aliphatic hydroxyl groups is 1. The van der Waals surface area contributed by atoms with Crippen molar-refractivity contribution >= 4 is 10.8 Å². The number of fused-ring (bicyclic) bond motifs is 1. The van der Waals surface area contributed by atoms with Crippen LogP contribution in [0.15, 0.2) is 42.5 Å². The Balaban J connectivity index is 2.41. The highest BCUT2D eigenvalue weighted by atomic mass is 16.6.